The minimum Gasteiger partial charge on any atom is -0.355 e. The first kappa shape index (κ1) is 11.5. The molecule has 1 aromatic rings. The summed E-state index contributed by atoms with van der Waals surface area (Å²) in [4.78, 5) is 19.7. The number of hydrogen-bond donors (Lipinski definition) is 1. The average molecular weight is 281 g/mol. The van der Waals surface area contributed by atoms with E-state index in [0.29, 0.717) is 16.2 Å². The number of nitrogens with one attached hydrogen (secondary N) is 1. The minimum atomic E-state index is -0.191. The Balaban J connectivity index is 3.07. The number of halogens is 2. The van der Waals surface area contributed by atoms with Crippen molar-refractivity contribution >= 4 is 33.3 Å². The molecule has 0 aromatic carbocycles. The summed E-state index contributed by atoms with van der Waals surface area (Å²) in [6, 6.07) is 0.127. The summed E-state index contributed by atoms with van der Waals surface area (Å²) < 4.78 is 0.430. The predicted molar refractivity (Wildman–Crippen MR) is 61.1 cm³/mol. The lowest BCUT2D eigenvalue weighted by molar-refractivity contribution is 0.744. The van der Waals surface area contributed by atoms with Crippen LogP contribution in [0.3, 0.4) is 0 Å². The molecule has 0 bridgehead atoms. The third kappa shape index (κ3) is 2.27. The zero-order valence-electron chi connectivity index (χ0n) is 7.92. The molecule has 0 radical (unpaired) electrons. The van der Waals surface area contributed by atoms with Crippen LogP contribution >= 0.6 is 27.5 Å². The molecule has 0 saturated heterocycles. The highest BCUT2D eigenvalue weighted by Crippen LogP contribution is 2.19. The monoisotopic (exact) mass is 279 g/mol. The lowest BCUT2D eigenvalue weighted by atomic mass is 10.3. The van der Waals surface area contributed by atoms with Gasteiger partial charge in [-0.1, -0.05) is 0 Å². The fraction of sp³-hybridized carbons (Fsp3) is 0.500. The van der Waals surface area contributed by atoms with E-state index in [1.54, 1.807) is 0 Å². The van der Waals surface area contributed by atoms with Gasteiger partial charge in [0.15, 0.2) is 0 Å². The third-order valence-corrected chi connectivity index (χ3v) is 3.16. The van der Waals surface area contributed by atoms with E-state index in [1.165, 1.54) is 6.33 Å². The molecule has 0 aliphatic heterocycles. The first-order valence-corrected chi connectivity index (χ1v) is 5.42. The second kappa shape index (κ2) is 4.79. The van der Waals surface area contributed by atoms with Gasteiger partial charge in [-0.3, -0.25) is 4.79 Å². The van der Waals surface area contributed by atoms with Crippen molar-refractivity contribution in [3.8, 4) is 0 Å². The van der Waals surface area contributed by atoms with Crippen LogP contribution in [0.25, 0.3) is 0 Å². The molecule has 1 aromatic heterocycles. The molecule has 6 heteroatoms. The van der Waals surface area contributed by atoms with E-state index in [4.69, 9.17) is 11.6 Å². The Hall–Kier alpha value is -0.550. The van der Waals surface area contributed by atoms with E-state index in [0.717, 1.165) is 0 Å². The van der Waals surface area contributed by atoms with Gasteiger partial charge in [-0.15, -0.1) is 11.6 Å². The highest BCUT2D eigenvalue weighted by atomic mass is 79.9. The van der Waals surface area contributed by atoms with Gasteiger partial charge in [0.25, 0.3) is 5.56 Å². The van der Waals surface area contributed by atoms with Gasteiger partial charge in [0.05, 0.1) is 6.33 Å². The first-order valence-electron chi connectivity index (χ1n) is 4.10. The molecule has 4 nitrogen and oxygen atoms in total. The summed E-state index contributed by atoms with van der Waals surface area (Å²) in [6.07, 6.45) is 1.37. The smallest absolute Gasteiger partial charge is 0.267 e. The van der Waals surface area contributed by atoms with E-state index < -0.39 is 0 Å². The molecule has 1 N–H and O–H groups in total. The lowest BCUT2D eigenvalue weighted by Crippen LogP contribution is -2.32. The zero-order valence-corrected chi connectivity index (χ0v) is 10.3. The second-order valence-electron chi connectivity index (χ2n) is 2.98. The van der Waals surface area contributed by atoms with Gasteiger partial charge in [0.1, 0.15) is 10.3 Å². The molecular weight excluding hydrogens is 269 g/mol. The van der Waals surface area contributed by atoms with Crippen LogP contribution in [0.2, 0.25) is 0 Å². The van der Waals surface area contributed by atoms with Crippen LogP contribution in [-0.2, 0) is 0 Å². The van der Waals surface area contributed by atoms with E-state index in [9.17, 15) is 4.79 Å². The van der Waals surface area contributed by atoms with Crippen molar-refractivity contribution in [3.05, 3.63) is 21.2 Å². The standard InChI is InChI=1S/C8H11BrClN3O/c1-5(3-10)13(2)7-6(9)8(14)12-4-11-7/h4-5H,3H2,1-2H3,(H,11,12,14). The van der Waals surface area contributed by atoms with Gasteiger partial charge in [0, 0.05) is 19.0 Å². The molecule has 78 valence electrons. The number of anilines is 1. The Morgan fingerprint density at radius 1 is 1.79 bits per heavy atom. The summed E-state index contributed by atoms with van der Waals surface area (Å²) >= 11 is 8.91. The molecule has 0 amide bonds. The number of rotatable bonds is 3. The molecule has 0 saturated carbocycles. The van der Waals surface area contributed by atoms with E-state index >= 15 is 0 Å². The minimum absolute atomic E-state index is 0.127. The van der Waals surface area contributed by atoms with Crippen molar-refractivity contribution in [2.24, 2.45) is 0 Å². The van der Waals surface area contributed by atoms with Crippen LogP contribution in [0.4, 0.5) is 5.82 Å². The SMILES string of the molecule is CC(CCl)N(C)c1nc[nH]c(=O)c1Br. The quantitative estimate of drug-likeness (QED) is 0.856. The van der Waals surface area contributed by atoms with Crippen LogP contribution in [-0.4, -0.2) is 28.9 Å². The topological polar surface area (TPSA) is 49.0 Å². The summed E-state index contributed by atoms with van der Waals surface area (Å²) in [5, 5.41) is 0. The Kier molecular flexibility index (Phi) is 3.95. The average Bonchev–Trinajstić information content (AvgIpc) is 2.20. The van der Waals surface area contributed by atoms with Gasteiger partial charge < -0.3 is 9.88 Å². The maximum Gasteiger partial charge on any atom is 0.267 e. The van der Waals surface area contributed by atoms with Crippen molar-refractivity contribution < 1.29 is 0 Å². The van der Waals surface area contributed by atoms with Crippen molar-refractivity contribution in [2.45, 2.75) is 13.0 Å². The summed E-state index contributed by atoms with van der Waals surface area (Å²) in [7, 11) is 1.85. The molecule has 14 heavy (non-hydrogen) atoms. The van der Waals surface area contributed by atoms with E-state index in [1.807, 2.05) is 18.9 Å². The number of aromatic amines is 1. The molecule has 0 aliphatic carbocycles. The van der Waals surface area contributed by atoms with Crippen molar-refractivity contribution in [2.75, 3.05) is 17.8 Å². The zero-order chi connectivity index (χ0) is 10.7. The maximum absolute atomic E-state index is 11.3. The fourth-order valence-corrected chi connectivity index (χ4v) is 1.64. The first-order chi connectivity index (χ1) is 6.57. The Bertz CT molecular complexity index is 368. The molecule has 1 rings (SSSR count). The number of H-pyrrole nitrogens is 1. The van der Waals surface area contributed by atoms with Gasteiger partial charge in [-0.2, -0.15) is 0 Å². The highest BCUT2D eigenvalue weighted by Gasteiger charge is 2.14. The number of aromatic nitrogens is 2. The molecule has 0 aliphatic rings. The summed E-state index contributed by atoms with van der Waals surface area (Å²) in [6.45, 7) is 1.96. The van der Waals surface area contributed by atoms with Crippen molar-refractivity contribution in [1.29, 1.82) is 0 Å². The van der Waals surface area contributed by atoms with Crippen LogP contribution in [0.15, 0.2) is 15.6 Å². The highest BCUT2D eigenvalue weighted by molar-refractivity contribution is 9.10. The van der Waals surface area contributed by atoms with Gasteiger partial charge >= 0.3 is 0 Å². The van der Waals surface area contributed by atoms with Crippen LogP contribution < -0.4 is 10.5 Å². The molecule has 1 unspecified atom stereocenters. The number of alkyl halides is 1. The Morgan fingerprint density at radius 2 is 2.43 bits per heavy atom. The van der Waals surface area contributed by atoms with Crippen LogP contribution in [0.1, 0.15) is 6.92 Å². The molecule has 0 spiro atoms. The van der Waals surface area contributed by atoms with Crippen molar-refractivity contribution in [3.63, 3.8) is 0 Å². The Morgan fingerprint density at radius 3 is 3.00 bits per heavy atom. The largest absolute Gasteiger partial charge is 0.355 e. The third-order valence-electron chi connectivity index (χ3n) is 2.00. The molecule has 1 heterocycles. The van der Waals surface area contributed by atoms with E-state index in [-0.39, 0.29) is 11.6 Å². The molecule has 0 fully saturated rings. The van der Waals surface area contributed by atoms with E-state index in [2.05, 4.69) is 25.9 Å². The lowest BCUT2D eigenvalue weighted by Gasteiger charge is -2.24. The number of nitrogens with zero attached hydrogens (tertiary/aromatic N) is 2. The second-order valence-corrected chi connectivity index (χ2v) is 4.09. The normalized spacial score (nSPS) is 12.6. The maximum atomic E-state index is 11.3. The molecule has 1 atom stereocenters. The summed E-state index contributed by atoms with van der Waals surface area (Å²) in [5.41, 5.74) is -0.191. The van der Waals surface area contributed by atoms with Gasteiger partial charge in [0.2, 0.25) is 0 Å². The molecular formula is C8H11BrClN3O. The summed E-state index contributed by atoms with van der Waals surface area (Å²) in [5.74, 6) is 1.08. The van der Waals surface area contributed by atoms with Crippen LogP contribution in [0, 0.1) is 0 Å². The fourth-order valence-electron chi connectivity index (χ4n) is 0.932. The predicted octanol–water partition coefficient (Wildman–Crippen LogP) is 1.60. The van der Waals surface area contributed by atoms with Crippen LogP contribution in [0.5, 0.6) is 0 Å². The van der Waals surface area contributed by atoms with Gasteiger partial charge in [-0.05, 0) is 22.9 Å². The van der Waals surface area contributed by atoms with Gasteiger partial charge in [-0.25, -0.2) is 4.98 Å². The number of hydrogen-bond acceptors (Lipinski definition) is 3. The Labute approximate surface area is 95.4 Å². The van der Waals surface area contributed by atoms with Crippen molar-refractivity contribution in [1.82, 2.24) is 9.97 Å².